The Morgan fingerprint density at radius 2 is 2.11 bits per heavy atom. The van der Waals surface area contributed by atoms with Crippen LogP contribution in [0.4, 0.5) is 5.69 Å². The minimum atomic E-state index is -0.123. The van der Waals surface area contributed by atoms with Gasteiger partial charge in [-0.2, -0.15) is 5.10 Å². The van der Waals surface area contributed by atoms with Crippen molar-refractivity contribution in [2.24, 2.45) is 0 Å². The van der Waals surface area contributed by atoms with E-state index in [1.54, 1.807) is 0 Å². The first-order valence-electron chi connectivity index (χ1n) is 9.88. The fourth-order valence-electron chi connectivity index (χ4n) is 4.20. The van der Waals surface area contributed by atoms with E-state index >= 15 is 0 Å². The van der Waals surface area contributed by atoms with E-state index in [0.717, 1.165) is 29.9 Å². The molecule has 1 fully saturated rings. The first kappa shape index (κ1) is 18.0. The fraction of sp³-hybridized carbons (Fsp3) is 0.524. The van der Waals surface area contributed by atoms with Gasteiger partial charge in [0.15, 0.2) is 5.69 Å². The SMILES string of the molecule is Cc1ccc(CNC(=O)c2n[nH]c3c2C[C@@H](C)O[C@H]3C)c(N2CCCC2)c1. The molecule has 2 aliphatic heterocycles. The molecule has 2 aromatic rings. The number of nitrogens with zero attached hydrogens (tertiary/aromatic N) is 2. The van der Waals surface area contributed by atoms with Gasteiger partial charge in [0.25, 0.3) is 5.91 Å². The summed E-state index contributed by atoms with van der Waals surface area (Å²) in [6, 6.07) is 6.46. The van der Waals surface area contributed by atoms with Crippen molar-refractivity contribution in [2.75, 3.05) is 18.0 Å². The van der Waals surface area contributed by atoms with Crippen molar-refractivity contribution in [1.82, 2.24) is 15.5 Å². The second-order valence-electron chi connectivity index (χ2n) is 7.77. The van der Waals surface area contributed by atoms with Gasteiger partial charge in [-0.25, -0.2) is 0 Å². The zero-order valence-corrected chi connectivity index (χ0v) is 16.3. The average molecular weight is 368 g/mol. The molecule has 6 heteroatoms. The van der Waals surface area contributed by atoms with Crippen LogP contribution in [0, 0.1) is 6.92 Å². The molecule has 1 saturated heterocycles. The molecular formula is C21H28N4O2. The molecule has 0 spiro atoms. The van der Waals surface area contributed by atoms with Crippen molar-refractivity contribution in [3.05, 3.63) is 46.3 Å². The Morgan fingerprint density at radius 1 is 1.33 bits per heavy atom. The van der Waals surface area contributed by atoms with Gasteiger partial charge >= 0.3 is 0 Å². The first-order valence-corrected chi connectivity index (χ1v) is 9.88. The second kappa shape index (κ2) is 7.35. The van der Waals surface area contributed by atoms with E-state index < -0.39 is 0 Å². The predicted octanol–water partition coefficient (Wildman–Crippen LogP) is 3.27. The number of hydrogen-bond acceptors (Lipinski definition) is 4. The van der Waals surface area contributed by atoms with Gasteiger partial charge in [-0.15, -0.1) is 0 Å². The number of H-pyrrole nitrogens is 1. The van der Waals surface area contributed by atoms with Crippen LogP contribution in [0.25, 0.3) is 0 Å². The zero-order chi connectivity index (χ0) is 19.0. The summed E-state index contributed by atoms with van der Waals surface area (Å²) in [5.41, 5.74) is 6.06. The van der Waals surface area contributed by atoms with Gasteiger partial charge in [-0.3, -0.25) is 9.89 Å². The van der Waals surface area contributed by atoms with Crippen molar-refractivity contribution in [3.63, 3.8) is 0 Å². The maximum absolute atomic E-state index is 12.8. The Bertz CT molecular complexity index is 839. The fourth-order valence-corrected chi connectivity index (χ4v) is 4.20. The minimum Gasteiger partial charge on any atom is -0.371 e. The van der Waals surface area contributed by atoms with Crippen molar-refractivity contribution < 1.29 is 9.53 Å². The van der Waals surface area contributed by atoms with Gasteiger partial charge in [0.1, 0.15) is 0 Å². The number of hydrogen-bond donors (Lipinski definition) is 2. The van der Waals surface area contributed by atoms with Crippen LogP contribution in [-0.2, 0) is 17.7 Å². The Morgan fingerprint density at radius 3 is 2.89 bits per heavy atom. The van der Waals surface area contributed by atoms with E-state index in [9.17, 15) is 4.79 Å². The number of benzene rings is 1. The lowest BCUT2D eigenvalue weighted by Gasteiger charge is -2.25. The number of amides is 1. The maximum atomic E-state index is 12.8. The molecule has 4 rings (SSSR count). The van der Waals surface area contributed by atoms with Gasteiger partial charge < -0.3 is 15.0 Å². The molecule has 2 atom stereocenters. The molecule has 0 bridgehead atoms. The summed E-state index contributed by atoms with van der Waals surface area (Å²) in [4.78, 5) is 15.2. The minimum absolute atomic E-state index is 0.0586. The Labute approximate surface area is 160 Å². The van der Waals surface area contributed by atoms with Crippen LogP contribution in [0.2, 0.25) is 0 Å². The van der Waals surface area contributed by atoms with Gasteiger partial charge in [0.2, 0.25) is 0 Å². The van der Waals surface area contributed by atoms with Gasteiger partial charge in [-0.05, 0) is 50.8 Å². The molecule has 144 valence electrons. The monoisotopic (exact) mass is 368 g/mol. The largest absolute Gasteiger partial charge is 0.371 e. The molecule has 1 amide bonds. The zero-order valence-electron chi connectivity index (χ0n) is 16.3. The van der Waals surface area contributed by atoms with Gasteiger partial charge in [0, 0.05) is 37.3 Å². The van der Waals surface area contributed by atoms with Crippen LogP contribution in [-0.4, -0.2) is 35.3 Å². The third-order valence-corrected chi connectivity index (χ3v) is 5.58. The smallest absolute Gasteiger partial charge is 0.272 e. The van der Waals surface area contributed by atoms with E-state index in [2.05, 4.69) is 45.5 Å². The van der Waals surface area contributed by atoms with Crippen molar-refractivity contribution >= 4 is 11.6 Å². The number of aryl methyl sites for hydroxylation is 1. The quantitative estimate of drug-likeness (QED) is 0.869. The maximum Gasteiger partial charge on any atom is 0.272 e. The average Bonchev–Trinajstić information content (AvgIpc) is 3.30. The standard InChI is InChI=1S/C21H28N4O2/c1-13-6-7-16(18(10-13)25-8-4-5-9-25)12-22-21(26)20-17-11-14(2)27-15(3)19(17)23-24-20/h6-7,10,14-15H,4-5,8-9,11-12H2,1-3H3,(H,22,26)(H,23,24)/t14-,15+/m1/s1. The highest BCUT2D eigenvalue weighted by Gasteiger charge is 2.29. The number of rotatable bonds is 4. The van der Waals surface area contributed by atoms with Crippen LogP contribution in [0.1, 0.15) is 65.7 Å². The van der Waals surface area contributed by atoms with E-state index in [4.69, 9.17) is 4.74 Å². The molecule has 1 aromatic heterocycles. The molecule has 2 N–H and O–H groups in total. The highest BCUT2D eigenvalue weighted by atomic mass is 16.5. The second-order valence-corrected chi connectivity index (χ2v) is 7.77. The molecule has 0 radical (unpaired) electrons. The number of fused-ring (bicyclic) bond motifs is 1. The van der Waals surface area contributed by atoms with Crippen LogP contribution >= 0.6 is 0 Å². The number of carbonyl (C=O) groups excluding carboxylic acids is 1. The molecule has 6 nitrogen and oxygen atoms in total. The highest BCUT2D eigenvalue weighted by molar-refractivity contribution is 5.94. The molecule has 3 heterocycles. The van der Waals surface area contributed by atoms with Crippen molar-refractivity contribution in [1.29, 1.82) is 0 Å². The summed E-state index contributed by atoms with van der Waals surface area (Å²) >= 11 is 0. The number of nitrogens with one attached hydrogen (secondary N) is 2. The van der Waals surface area contributed by atoms with Crippen LogP contribution in [0.5, 0.6) is 0 Å². The molecule has 0 unspecified atom stereocenters. The first-order chi connectivity index (χ1) is 13.0. The summed E-state index contributed by atoms with van der Waals surface area (Å²) in [7, 11) is 0. The molecule has 0 saturated carbocycles. The summed E-state index contributed by atoms with van der Waals surface area (Å²) in [6.07, 6.45) is 3.21. The van der Waals surface area contributed by atoms with E-state index in [0.29, 0.717) is 18.7 Å². The lowest BCUT2D eigenvalue weighted by molar-refractivity contribution is -0.00697. The topological polar surface area (TPSA) is 70.2 Å². The van der Waals surface area contributed by atoms with Crippen molar-refractivity contribution in [3.8, 4) is 0 Å². The summed E-state index contributed by atoms with van der Waals surface area (Å²) < 4.78 is 5.81. The van der Waals surface area contributed by atoms with Crippen molar-refractivity contribution in [2.45, 2.75) is 58.8 Å². The Kier molecular flexibility index (Phi) is 4.91. The molecule has 0 aliphatic carbocycles. The normalized spacial score (nSPS) is 22.0. The van der Waals surface area contributed by atoms with E-state index in [1.807, 2.05) is 13.8 Å². The van der Waals surface area contributed by atoms with E-state index in [-0.39, 0.29) is 18.1 Å². The number of ether oxygens (including phenoxy) is 1. The van der Waals surface area contributed by atoms with Crippen LogP contribution in [0.3, 0.4) is 0 Å². The summed E-state index contributed by atoms with van der Waals surface area (Å²) in [5, 5.41) is 10.4. The molecule has 27 heavy (non-hydrogen) atoms. The predicted molar refractivity (Wildman–Crippen MR) is 105 cm³/mol. The number of anilines is 1. The third kappa shape index (κ3) is 3.58. The number of aromatic nitrogens is 2. The highest BCUT2D eigenvalue weighted by Crippen LogP contribution is 2.30. The van der Waals surface area contributed by atoms with Crippen LogP contribution in [0.15, 0.2) is 18.2 Å². The van der Waals surface area contributed by atoms with Crippen LogP contribution < -0.4 is 10.2 Å². The third-order valence-electron chi connectivity index (χ3n) is 5.58. The number of aromatic amines is 1. The Hall–Kier alpha value is -2.34. The van der Waals surface area contributed by atoms with E-state index in [1.165, 1.54) is 24.1 Å². The number of carbonyl (C=O) groups is 1. The summed E-state index contributed by atoms with van der Waals surface area (Å²) in [5.74, 6) is -0.123. The van der Waals surface area contributed by atoms with Gasteiger partial charge in [0.05, 0.1) is 17.9 Å². The lowest BCUT2D eigenvalue weighted by atomic mass is 9.99. The molecular weight excluding hydrogens is 340 g/mol. The Balaban J connectivity index is 1.51. The lowest BCUT2D eigenvalue weighted by Crippen LogP contribution is -2.28. The molecule has 1 aromatic carbocycles. The van der Waals surface area contributed by atoms with Gasteiger partial charge in [-0.1, -0.05) is 12.1 Å². The summed E-state index contributed by atoms with van der Waals surface area (Å²) in [6.45, 7) is 8.82. The molecule has 2 aliphatic rings.